The number of rotatable bonds is 4. The van der Waals surface area contributed by atoms with Crippen LogP contribution in [0.25, 0.3) is 0 Å². The topological polar surface area (TPSA) is 52.4 Å². The lowest BCUT2D eigenvalue weighted by Gasteiger charge is -2.18. The van der Waals surface area contributed by atoms with Gasteiger partial charge in [0.25, 0.3) is 5.69 Å². The third-order valence-electron chi connectivity index (χ3n) is 2.24. The highest BCUT2D eigenvalue weighted by Gasteiger charge is 2.13. The van der Waals surface area contributed by atoms with E-state index in [0.29, 0.717) is 17.4 Å². The number of hydrogen-bond acceptors (Lipinski definition) is 3. The van der Waals surface area contributed by atoms with Crippen molar-refractivity contribution in [1.29, 1.82) is 0 Å². The summed E-state index contributed by atoms with van der Waals surface area (Å²) in [5, 5.41) is 11.0. The molecule has 17 heavy (non-hydrogen) atoms. The summed E-state index contributed by atoms with van der Waals surface area (Å²) >= 11 is 5.90. The summed E-state index contributed by atoms with van der Waals surface area (Å²) in [6.07, 6.45) is 0.853. The van der Waals surface area contributed by atoms with E-state index >= 15 is 0 Å². The van der Waals surface area contributed by atoms with Gasteiger partial charge in [-0.2, -0.15) is 0 Å². The molecule has 0 heterocycles. The van der Waals surface area contributed by atoms with Crippen LogP contribution in [0.15, 0.2) is 18.2 Å². The summed E-state index contributed by atoms with van der Waals surface area (Å²) in [4.78, 5) is 10.1. The Morgan fingerprint density at radius 3 is 2.59 bits per heavy atom. The van der Waals surface area contributed by atoms with E-state index in [1.807, 2.05) is 0 Å². The fraction of sp³-hybridized carbons (Fsp3) is 0.500. The smallest absolute Gasteiger partial charge is 0.273 e. The minimum Gasteiger partial charge on any atom is -0.492 e. The van der Waals surface area contributed by atoms with Crippen molar-refractivity contribution in [2.45, 2.75) is 27.2 Å². The van der Waals surface area contributed by atoms with E-state index < -0.39 is 4.92 Å². The molecular formula is C12H16ClNO3. The van der Waals surface area contributed by atoms with E-state index in [2.05, 4.69) is 20.8 Å². The molecule has 0 atom stereocenters. The van der Waals surface area contributed by atoms with Gasteiger partial charge in [-0.05, 0) is 17.9 Å². The summed E-state index contributed by atoms with van der Waals surface area (Å²) in [7, 11) is 0. The molecule has 0 aliphatic carbocycles. The molecule has 0 saturated heterocycles. The Labute approximate surface area is 106 Å². The molecule has 0 aliphatic heterocycles. The summed E-state index contributed by atoms with van der Waals surface area (Å²) in [5.41, 5.74) is 0.146. The zero-order chi connectivity index (χ0) is 13.1. The SMILES string of the molecule is CC(C)(C)CCOc1cc([N+](=O)[O-])ccc1Cl. The first kappa shape index (κ1) is 13.8. The van der Waals surface area contributed by atoms with Crippen molar-refractivity contribution in [3.8, 4) is 5.75 Å². The zero-order valence-corrected chi connectivity index (χ0v) is 11.0. The quantitative estimate of drug-likeness (QED) is 0.604. The van der Waals surface area contributed by atoms with Crippen molar-refractivity contribution >= 4 is 17.3 Å². The lowest BCUT2D eigenvalue weighted by atomic mass is 9.93. The molecule has 0 aromatic heterocycles. The van der Waals surface area contributed by atoms with Gasteiger partial charge in [-0.15, -0.1) is 0 Å². The van der Waals surface area contributed by atoms with Gasteiger partial charge in [0.1, 0.15) is 5.75 Å². The second-order valence-electron chi connectivity index (χ2n) is 5.03. The van der Waals surface area contributed by atoms with Gasteiger partial charge in [0.2, 0.25) is 0 Å². The van der Waals surface area contributed by atoms with Crippen molar-refractivity contribution in [3.05, 3.63) is 33.3 Å². The number of nitrogens with zero attached hydrogens (tertiary/aromatic N) is 1. The summed E-state index contributed by atoms with van der Waals surface area (Å²) in [6, 6.07) is 4.19. The highest BCUT2D eigenvalue weighted by Crippen LogP contribution is 2.29. The number of nitro benzene ring substituents is 1. The fourth-order valence-electron chi connectivity index (χ4n) is 1.18. The number of nitro groups is 1. The molecule has 4 nitrogen and oxygen atoms in total. The average Bonchev–Trinajstić information content (AvgIpc) is 2.18. The molecule has 0 bridgehead atoms. The van der Waals surface area contributed by atoms with E-state index in [0.717, 1.165) is 6.42 Å². The second-order valence-corrected chi connectivity index (χ2v) is 5.44. The highest BCUT2D eigenvalue weighted by atomic mass is 35.5. The van der Waals surface area contributed by atoms with Crippen LogP contribution < -0.4 is 4.74 Å². The molecule has 1 aromatic rings. The third-order valence-corrected chi connectivity index (χ3v) is 2.55. The number of halogens is 1. The molecular weight excluding hydrogens is 242 g/mol. The maximum absolute atomic E-state index is 10.6. The van der Waals surface area contributed by atoms with Crippen molar-refractivity contribution in [2.75, 3.05) is 6.61 Å². The Balaban J connectivity index is 2.70. The van der Waals surface area contributed by atoms with Crippen LogP contribution >= 0.6 is 11.6 Å². The Bertz CT molecular complexity index is 413. The van der Waals surface area contributed by atoms with Crippen LogP contribution in [-0.4, -0.2) is 11.5 Å². The first-order chi connectivity index (χ1) is 7.79. The molecule has 0 spiro atoms. The third kappa shape index (κ3) is 4.61. The predicted molar refractivity (Wildman–Crippen MR) is 67.7 cm³/mol. The molecule has 1 aromatic carbocycles. The van der Waals surface area contributed by atoms with Gasteiger partial charge in [0.15, 0.2) is 0 Å². The Hall–Kier alpha value is -1.29. The zero-order valence-electron chi connectivity index (χ0n) is 10.2. The normalized spacial score (nSPS) is 11.3. The first-order valence-electron chi connectivity index (χ1n) is 5.36. The number of hydrogen-bond donors (Lipinski definition) is 0. The molecule has 0 saturated carbocycles. The van der Waals surface area contributed by atoms with Crippen LogP contribution in [0.4, 0.5) is 5.69 Å². The van der Waals surface area contributed by atoms with Gasteiger partial charge < -0.3 is 4.74 Å². The molecule has 0 N–H and O–H groups in total. The Kier molecular flexibility index (Phi) is 4.34. The van der Waals surface area contributed by atoms with Gasteiger partial charge in [0, 0.05) is 6.07 Å². The molecule has 0 radical (unpaired) electrons. The largest absolute Gasteiger partial charge is 0.492 e. The molecule has 94 valence electrons. The predicted octanol–water partition coefficient (Wildman–Crippen LogP) is 4.06. The van der Waals surface area contributed by atoms with E-state index in [-0.39, 0.29) is 11.1 Å². The van der Waals surface area contributed by atoms with Gasteiger partial charge in [-0.3, -0.25) is 10.1 Å². The van der Waals surface area contributed by atoms with E-state index in [1.165, 1.54) is 18.2 Å². The lowest BCUT2D eigenvalue weighted by Crippen LogP contribution is -2.11. The molecule has 0 aliphatic rings. The molecule has 5 heteroatoms. The fourth-order valence-corrected chi connectivity index (χ4v) is 1.36. The Morgan fingerprint density at radius 2 is 2.06 bits per heavy atom. The summed E-state index contributed by atoms with van der Waals surface area (Å²) < 4.78 is 5.47. The molecule has 0 fully saturated rings. The second kappa shape index (κ2) is 5.36. The maximum Gasteiger partial charge on any atom is 0.273 e. The molecule has 0 unspecified atom stereocenters. The minimum absolute atomic E-state index is 0.0137. The monoisotopic (exact) mass is 257 g/mol. The molecule has 0 amide bonds. The van der Waals surface area contributed by atoms with E-state index in [4.69, 9.17) is 16.3 Å². The standard InChI is InChI=1S/C12H16ClNO3/c1-12(2,3)6-7-17-11-8-9(14(15)16)4-5-10(11)13/h4-5,8H,6-7H2,1-3H3. The van der Waals surface area contributed by atoms with Crippen molar-refractivity contribution < 1.29 is 9.66 Å². The lowest BCUT2D eigenvalue weighted by molar-refractivity contribution is -0.384. The average molecular weight is 258 g/mol. The van der Waals surface area contributed by atoms with Crippen LogP contribution in [0, 0.1) is 15.5 Å². The maximum atomic E-state index is 10.6. The van der Waals surface area contributed by atoms with Gasteiger partial charge in [0.05, 0.1) is 22.6 Å². The van der Waals surface area contributed by atoms with Crippen LogP contribution in [0.2, 0.25) is 5.02 Å². The van der Waals surface area contributed by atoms with E-state index in [1.54, 1.807) is 0 Å². The Morgan fingerprint density at radius 1 is 1.41 bits per heavy atom. The summed E-state index contributed by atoms with van der Waals surface area (Å²) in [6.45, 7) is 6.80. The van der Waals surface area contributed by atoms with Crippen molar-refractivity contribution in [2.24, 2.45) is 5.41 Å². The summed E-state index contributed by atoms with van der Waals surface area (Å²) in [5.74, 6) is 0.366. The number of benzene rings is 1. The van der Waals surface area contributed by atoms with E-state index in [9.17, 15) is 10.1 Å². The van der Waals surface area contributed by atoms with Crippen LogP contribution in [-0.2, 0) is 0 Å². The number of non-ortho nitro benzene ring substituents is 1. The highest BCUT2D eigenvalue weighted by molar-refractivity contribution is 6.32. The first-order valence-corrected chi connectivity index (χ1v) is 5.74. The minimum atomic E-state index is -0.465. The van der Waals surface area contributed by atoms with Crippen molar-refractivity contribution in [3.63, 3.8) is 0 Å². The van der Waals surface area contributed by atoms with Crippen molar-refractivity contribution in [1.82, 2.24) is 0 Å². The van der Waals surface area contributed by atoms with Gasteiger partial charge >= 0.3 is 0 Å². The molecule has 1 rings (SSSR count). The van der Waals surface area contributed by atoms with Gasteiger partial charge in [-0.25, -0.2) is 0 Å². The van der Waals surface area contributed by atoms with Crippen LogP contribution in [0.3, 0.4) is 0 Å². The van der Waals surface area contributed by atoms with Crippen LogP contribution in [0.1, 0.15) is 27.2 Å². The van der Waals surface area contributed by atoms with Crippen LogP contribution in [0.5, 0.6) is 5.75 Å². The van der Waals surface area contributed by atoms with Gasteiger partial charge in [-0.1, -0.05) is 32.4 Å². The number of ether oxygens (including phenoxy) is 1.